The molecule has 1 fully saturated rings. The van der Waals surface area contributed by atoms with Crippen molar-refractivity contribution in [3.63, 3.8) is 0 Å². The molecule has 0 bridgehead atoms. The molecule has 0 amide bonds. The van der Waals surface area contributed by atoms with Crippen molar-refractivity contribution in [1.82, 2.24) is 9.21 Å². The highest BCUT2D eigenvalue weighted by Crippen LogP contribution is 2.28. The average molecular weight is 427 g/mol. The predicted molar refractivity (Wildman–Crippen MR) is 106 cm³/mol. The van der Waals surface area contributed by atoms with E-state index in [1.807, 2.05) is 6.07 Å². The van der Waals surface area contributed by atoms with E-state index in [-0.39, 0.29) is 9.92 Å². The van der Waals surface area contributed by atoms with Crippen molar-refractivity contribution in [2.75, 3.05) is 32.8 Å². The van der Waals surface area contributed by atoms with Crippen molar-refractivity contribution in [3.8, 4) is 5.75 Å². The Bertz CT molecular complexity index is 957. The molecule has 0 unspecified atom stereocenters. The number of piperazine rings is 1. The number of benzene rings is 2. The zero-order valence-electron chi connectivity index (χ0n) is 14.7. The summed E-state index contributed by atoms with van der Waals surface area (Å²) >= 11 is 11.9. The number of hydrogen-bond donors (Lipinski definition) is 0. The van der Waals surface area contributed by atoms with Gasteiger partial charge in [0.1, 0.15) is 5.75 Å². The second kappa shape index (κ2) is 7.60. The van der Waals surface area contributed by atoms with Crippen molar-refractivity contribution in [2.24, 2.45) is 0 Å². The van der Waals surface area contributed by atoms with Crippen LogP contribution in [0.25, 0.3) is 0 Å². The minimum absolute atomic E-state index is 0.184. The summed E-state index contributed by atoms with van der Waals surface area (Å²) in [5, 5.41) is 0.595. The Hall–Kier alpha value is -1.31. The molecule has 0 radical (unpaired) electrons. The highest BCUT2D eigenvalue weighted by Gasteiger charge is 2.29. The van der Waals surface area contributed by atoms with Gasteiger partial charge >= 0.3 is 0 Å². The number of rotatable bonds is 4. The second-order valence-corrected chi connectivity index (χ2v) is 9.55. The molecule has 1 saturated heterocycles. The lowest BCUT2D eigenvalue weighted by Crippen LogP contribution is -2.48. The fraction of sp³-hybridized carbons (Fsp3) is 0.368. The van der Waals surface area contributed by atoms with Crippen LogP contribution in [0.1, 0.15) is 11.1 Å². The molecule has 144 valence electrons. The van der Waals surface area contributed by atoms with E-state index in [9.17, 15) is 8.42 Å². The lowest BCUT2D eigenvalue weighted by molar-refractivity contribution is 0.181. The highest BCUT2D eigenvalue weighted by molar-refractivity contribution is 7.89. The summed E-state index contributed by atoms with van der Waals surface area (Å²) in [6.07, 6.45) is 0.957. The Morgan fingerprint density at radius 1 is 0.963 bits per heavy atom. The number of fused-ring (bicyclic) bond motifs is 1. The first kappa shape index (κ1) is 19.0. The van der Waals surface area contributed by atoms with E-state index in [2.05, 4.69) is 17.0 Å². The van der Waals surface area contributed by atoms with Gasteiger partial charge in [0.05, 0.1) is 21.5 Å². The maximum Gasteiger partial charge on any atom is 0.243 e. The van der Waals surface area contributed by atoms with Crippen LogP contribution >= 0.6 is 23.2 Å². The average Bonchev–Trinajstić information content (AvgIpc) is 3.12. The predicted octanol–water partition coefficient (Wildman–Crippen LogP) is 3.43. The minimum atomic E-state index is -3.56. The van der Waals surface area contributed by atoms with Gasteiger partial charge in [-0.05, 0) is 35.4 Å². The third-order valence-electron chi connectivity index (χ3n) is 5.02. The zero-order chi connectivity index (χ0) is 19.0. The normalized spacial score (nSPS) is 18.3. The summed E-state index contributed by atoms with van der Waals surface area (Å²) in [5.74, 6) is 0.983. The van der Waals surface area contributed by atoms with E-state index >= 15 is 0 Å². The summed E-state index contributed by atoms with van der Waals surface area (Å²) in [5.41, 5.74) is 2.49. The molecule has 0 aliphatic carbocycles. The molecule has 0 atom stereocenters. The summed E-state index contributed by atoms with van der Waals surface area (Å²) in [7, 11) is -3.56. The van der Waals surface area contributed by atoms with E-state index in [1.165, 1.54) is 33.6 Å². The van der Waals surface area contributed by atoms with E-state index in [4.69, 9.17) is 27.9 Å². The summed E-state index contributed by atoms with van der Waals surface area (Å²) < 4.78 is 32.7. The Morgan fingerprint density at radius 2 is 1.74 bits per heavy atom. The number of halogens is 2. The molecule has 0 N–H and O–H groups in total. The lowest BCUT2D eigenvalue weighted by Gasteiger charge is -2.34. The van der Waals surface area contributed by atoms with Crippen LogP contribution in [-0.2, 0) is 23.0 Å². The van der Waals surface area contributed by atoms with Gasteiger partial charge in [-0.1, -0.05) is 35.3 Å². The van der Waals surface area contributed by atoms with Crippen LogP contribution in [-0.4, -0.2) is 50.4 Å². The summed E-state index contributed by atoms with van der Waals surface area (Å²) in [6.45, 7) is 3.85. The molecule has 4 rings (SSSR count). The maximum absolute atomic E-state index is 12.8. The van der Waals surface area contributed by atoms with Crippen LogP contribution < -0.4 is 4.74 Å². The van der Waals surface area contributed by atoms with Gasteiger partial charge in [0.15, 0.2) is 0 Å². The molecule has 2 aliphatic rings. The molecule has 2 aliphatic heterocycles. The van der Waals surface area contributed by atoms with Crippen molar-refractivity contribution >= 4 is 33.2 Å². The van der Waals surface area contributed by atoms with E-state index < -0.39 is 10.0 Å². The second-order valence-electron chi connectivity index (χ2n) is 6.80. The molecule has 0 aromatic heterocycles. The molecule has 2 aromatic rings. The molecule has 27 heavy (non-hydrogen) atoms. The Labute approximate surface area is 169 Å². The standard InChI is InChI=1S/C19H20Cl2N2O3S/c20-17-3-2-16(12-18(17)21)27(24,25)23-8-6-22(7-9-23)13-14-1-4-19-15(11-14)5-10-26-19/h1-4,11-12H,5-10,13H2. The molecule has 0 saturated carbocycles. The third-order valence-corrected chi connectivity index (χ3v) is 7.65. The molecule has 2 aromatic carbocycles. The lowest BCUT2D eigenvalue weighted by atomic mass is 10.1. The van der Waals surface area contributed by atoms with Gasteiger partial charge in [-0.25, -0.2) is 8.42 Å². The Kier molecular flexibility index (Phi) is 5.36. The van der Waals surface area contributed by atoms with Crippen LogP contribution in [0.2, 0.25) is 10.0 Å². The van der Waals surface area contributed by atoms with Crippen LogP contribution in [0.4, 0.5) is 0 Å². The summed E-state index contributed by atoms with van der Waals surface area (Å²) in [4.78, 5) is 2.46. The summed E-state index contributed by atoms with van der Waals surface area (Å²) in [6, 6.07) is 10.7. The van der Waals surface area contributed by atoms with Crippen molar-refractivity contribution in [3.05, 3.63) is 57.6 Å². The van der Waals surface area contributed by atoms with Gasteiger partial charge in [0.25, 0.3) is 0 Å². The van der Waals surface area contributed by atoms with Gasteiger partial charge in [-0.3, -0.25) is 4.90 Å². The number of hydrogen-bond acceptors (Lipinski definition) is 4. The zero-order valence-corrected chi connectivity index (χ0v) is 17.0. The molecular weight excluding hydrogens is 407 g/mol. The van der Waals surface area contributed by atoms with E-state index in [0.29, 0.717) is 31.2 Å². The van der Waals surface area contributed by atoms with Crippen molar-refractivity contribution in [2.45, 2.75) is 17.9 Å². The minimum Gasteiger partial charge on any atom is -0.493 e. The van der Waals surface area contributed by atoms with Crippen molar-refractivity contribution in [1.29, 1.82) is 0 Å². The first-order valence-corrected chi connectivity index (χ1v) is 11.1. The first-order chi connectivity index (χ1) is 12.9. The number of sulfonamides is 1. The smallest absolute Gasteiger partial charge is 0.243 e. The topological polar surface area (TPSA) is 49.9 Å². The van der Waals surface area contributed by atoms with Gasteiger partial charge in [0, 0.05) is 39.1 Å². The van der Waals surface area contributed by atoms with Gasteiger partial charge in [-0.2, -0.15) is 4.31 Å². The maximum atomic E-state index is 12.8. The SMILES string of the molecule is O=S(=O)(c1ccc(Cl)c(Cl)c1)N1CCN(Cc2ccc3c(c2)CCO3)CC1. The quantitative estimate of drug-likeness (QED) is 0.750. The van der Waals surface area contributed by atoms with Crippen molar-refractivity contribution < 1.29 is 13.2 Å². The van der Waals surface area contributed by atoms with Gasteiger partial charge in [0.2, 0.25) is 10.0 Å². The monoisotopic (exact) mass is 426 g/mol. The Balaban J connectivity index is 1.40. The molecule has 0 spiro atoms. The highest BCUT2D eigenvalue weighted by atomic mass is 35.5. The molecule has 5 nitrogen and oxygen atoms in total. The largest absolute Gasteiger partial charge is 0.493 e. The van der Waals surface area contributed by atoms with Crippen LogP contribution in [0, 0.1) is 0 Å². The van der Waals surface area contributed by atoms with Crippen LogP contribution in [0.3, 0.4) is 0 Å². The van der Waals surface area contributed by atoms with Crippen LogP contribution in [0.5, 0.6) is 5.75 Å². The van der Waals surface area contributed by atoms with E-state index in [0.717, 1.165) is 25.3 Å². The third kappa shape index (κ3) is 3.96. The van der Waals surface area contributed by atoms with E-state index in [1.54, 1.807) is 0 Å². The fourth-order valence-corrected chi connectivity index (χ4v) is 5.32. The molecule has 2 heterocycles. The molecular formula is C19H20Cl2N2O3S. The molecule has 8 heteroatoms. The van der Waals surface area contributed by atoms with Gasteiger partial charge in [-0.15, -0.1) is 0 Å². The number of nitrogens with zero attached hydrogens (tertiary/aromatic N) is 2. The Morgan fingerprint density at radius 3 is 2.48 bits per heavy atom. The fourth-order valence-electron chi connectivity index (χ4n) is 3.51. The van der Waals surface area contributed by atoms with Gasteiger partial charge < -0.3 is 4.74 Å². The first-order valence-electron chi connectivity index (χ1n) is 8.86. The number of ether oxygens (including phenoxy) is 1. The van der Waals surface area contributed by atoms with Crippen LogP contribution in [0.15, 0.2) is 41.3 Å².